The van der Waals surface area contributed by atoms with Crippen LogP contribution in [0, 0.1) is 5.92 Å². The molecule has 0 aromatic heterocycles. The molecule has 0 radical (unpaired) electrons. The van der Waals surface area contributed by atoms with Crippen LogP contribution in [0.5, 0.6) is 0 Å². The summed E-state index contributed by atoms with van der Waals surface area (Å²) in [6, 6.07) is 0. The molecule has 2 heterocycles. The Morgan fingerprint density at radius 3 is 2.41 bits per heavy atom. The lowest BCUT2D eigenvalue weighted by atomic mass is 9.95. The number of ether oxygens (including phenoxy) is 1. The van der Waals surface area contributed by atoms with Crippen LogP contribution in [0.4, 0.5) is 0 Å². The molecule has 0 aromatic rings. The van der Waals surface area contributed by atoms with Gasteiger partial charge in [0.25, 0.3) is 0 Å². The smallest absolute Gasteiger partial charge is 0.0678 e. The summed E-state index contributed by atoms with van der Waals surface area (Å²) < 4.78 is 5.81. The van der Waals surface area contributed by atoms with Gasteiger partial charge < -0.3 is 14.7 Å². The van der Waals surface area contributed by atoms with Crippen LogP contribution in [0.2, 0.25) is 0 Å². The molecule has 0 saturated carbocycles. The molecule has 2 aliphatic heterocycles. The number of β-amino-alcohol motifs (C(OH)–C–C–N with tert-alkyl or cyclic N) is 1. The molecule has 0 spiro atoms. The van der Waals surface area contributed by atoms with Gasteiger partial charge in [-0.05, 0) is 58.5 Å². The molecule has 1 N–H and O–H groups in total. The van der Waals surface area contributed by atoms with Crippen molar-refractivity contribution in [2.75, 3.05) is 39.3 Å². The van der Waals surface area contributed by atoms with E-state index in [1.54, 1.807) is 0 Å². The van der Waals surface area contributed by atoms with E-state index in [0.717, 1.165) is 51.5 Å². The number of hydrogen-bond donors (Lipinski definition) is 1. The lowest BCUT2D eigenvalue weighted by Gasteiger charge is -2.39. The minimum atomic E-state index is -0.199. The lowest BCUT2D eigenvalue weighted by molar-refractivity contribution is -0.0734. The van der Waals surface area contributed by atoms with E-state index in [2.05, 4.69) is 30.2 Å². The number of likely N-dealkylation sites (tertiary alicyclic amines) is 1. The van der Waals surface area contributed by atoms with Crippen LogP contribution < -0.4 is 0 Å². The third-order valence-electron chi connectivity index (χ3n) is 4.89. The highest BCUT2D eigenvalue weighted by Gasteiger charge is 2.27. The predicted octanol–water partition coefficient (Wildman–Crippen LogP) is 2.13. The topological polar surface area (TPSA) is 35.9 Å². The molecule has 0 amide bonds. The Morgan fingerprint density at radius 1 is 1.18 bits per heavy atom. The summed E-state index contributed by atoms with van der Waals surface area (Å²) >= 11 is 0. The summed E-state index contributed by atoms with van der Waals surface area (Å²) in [5.74, 6) is 0.805. The van der Waals surface area contributed by atoms with Crippen LogP contribution >= 0.6 is 0 Å². The standard InChI is InChI=1S/C18H34N2O2/c1-4-5-6-18(21)14-19-9-7-17(8-10-19)13-20-11-15(2)22-16(3)12-20/h4,15-18,21H,1,5-14H2,2-3H3. The maximum atomic E-state index is 10.0. The second kappa shape index (κ2) is 9.02. The van der Waals surface area contributed by atoms with Crippen molar-refractivity contribution in [3.63, 3.8) is 0 Å². The molecule has 0 bridgehead atoms. The Balaban J connectivity index is 1.65. The monoisotopic (exact) mass is 310 g/mol. The Kier molecular flexibility index (Phi) is 7.35. The molecule has 22 heavy (non-hydrogen) atoms. The first-order valence-corrected chi connectivity index (χ1v) is 8.96. The first-order chi connectivity index (χ1) is 10.6. The Bertz CT molecular complexity index is 319. The average Bonchev–Trinajstić information content (AvgIpc) is 2.46. The largest absolute Gasteiger partial charge is 0.392 e. The van der Waals surface area contributed by atoms with Crippen LogP contribution in [-0.4, -0.2) is 72.5 Å². The van der Waals surface area contributed by atoms with E-state index in [9.17, 15) is 5.11 Å². The molecular weight excluding hydrogens is 276 g/mol. The van der Waals surface area contributed by atoms with E-state index in [-0.39, 0.29) is 6.10 Å². The fourth-order valence-corrected chi connectivity index (χ4v) is 3.85. The van der Waals surface area contributed by atoms with E-state index in [4.69, 9.17) is 4.74 Å². The summed E-state index contributed by atoms with van der Waals surface area (Å²) in [6.07, 6.45) is 6.68. The van der Waals surface area contributed by atoms with Gasteiger partial charge in [0, 0.05) is 26.2 Å². The zero-order chi connectivity index (χ0) is 15.9. The van der Waals surface area contributed by atoms with Crippen molar-refractivity contribution >= 4 is 0 Å². The minimum absolute atomic E-state index is 0.199. The molecule has 3 atom stereocenters. The molecular formula is C18H34N2O2. The van der Waals surface area contributed by atoms with Gasteiger partial charge in [0.1, 0.15) is 0 Å². The Morgan fingerprint density at radius 2 is 1.82 bits per heavy atom. The van der Waals surface area contributed by atoms with Crippen molar-refractivity contribution in [3.8, 4) is 0 Å². The highest BCUT2D eigenvalue weighted by molar-refractivity contribution is 4.80. The first kappa shape index (κ1) is 17.9. The number of morpholine rings is 1. The number of allylic oxidation sites excluding steroid dienone is 1. The maximum absolute atomic E-state index is 10.0. The van der Waals surface area contributed by atoms with Gasteiger partial charge in [-0.25, -0.2) is 0 Å². The Labute approximate surface area is 136 Å². The van der Waals surface area contributed by atoms with Gasteiger partial charge in [0.2, 0.25) is 0 Å². The van der Waals surface area contributed by atoms with E-state index >= 15 is 0 Å². The summed E-state index contributed by atoms with van der Waals surface area (Å²) in [4.78, 5) is 5.01. The fourth-order valence-electron chi connectivity index (χ4n) is 3.85. The molecule has 2 fully saturated rings. The molecule has 4 nitrogen and oxygen atoms in total. The lowest BCUT2D eigenvalue weighted by Crippen LogP contribution is -2.48. The number of rotatable bonds is 7. The number of aliphatic hydroxyl groups excluding tert-OH is 1. The molecule has 2 saturated heterocycles. The highest BCUT2D eigenvalue weighted by Crippen LogP contribution is 2.21. The number of nitrogens with zero attached hydrogens (tertiary/aromatic N) is 2. The van der Waals surface area contributed by atoms with Crippen LogP contribution in [-0.2, 0) is 4.74 Å². The number of piperidine rings is 1. The van der Waals surface area contributed by atoms with Gasteiger partial charge in [0.15, 0.2) is 0 Å². The van der Waals surface area contributed by atoms with Crippen LogP contribution in [0.25, 0.3) is 0 Å². The second-order valence-electron chi connectivity index (χ2n) is 7.24. The molecule has 0 aliphatic carbocycles. The molecule has 128 valence electrons. The first-order valence-electron chi connectivity index (χ1n) is 8.96. The predicted molar refractivity (Wildman–Crippen MR) is 91.1 cm³/mol. The van der Waals surface area contributed by atoms with Crippen molar-refractivity contribution in [1.29, 1.82) is 0 Å². The number of aliphatic hydroxyl groups is 1. The van der Waals surface area contributed by atoms with E-state index < -0.39 is 0 Å². The van der Waals surface area contributed by atoms with Gasteiger partial charge in [0.05, 0.1) is 18.3 Å². The van der Waals surface area contributed by atoms with Crippen LogP contribution in [0.3, 0.4) is 0 Å². The third kappa shape index (κ3) is 5.99. The molecule has 2 aliphatic rings. The quantitative estimate of drug-likeness (QED) is 0.731. The van der Waals surface area contributed by atoms with Crippen molar-refractivity contribution in [1.82, 2.24) is 9.80 Å². The SMILES string of the molecule is C=CCCC(O)CN1CCC(CN2CC(C)OC(C)C2)CC1. The average molecular weight is 310 g/mol. The van der Waals surface area contributed by atoms with Crippen molar-refractivity contribution < 1.29 is 9.84 Å². The van der Waals surface area contributed by atoms with Gasteiger partial charge in [-0.3, -0.25) is 4.90 Å². The normalized spacial score (nSPS) is 30.3. The summed E-state index contributed by atoms with van der Waals surface area (Å²) in [5, 5.41) is 10.0. The maximum Gasteiger partial charge on any atom is 0.0678 e. The molecule has 0 aromatic carbocycles. The summed E-state index contributed by atoms with van der Waals surface area (Å²) in [5.41, 5.74) is 0. The van der Waals surface area contributed by atoms with Gasteiger partial charge in [-0.2, -0.15) is 0 Å². The highest BCUT2D eigenvalue weighted by atomic mass is 16.5. The molecule has 2 rings (SSSR count). The number of hydrogen-bond acceptors (Lipinski definition) is 4. The zero-order valence-corrected chi connectivity index (χ0v) is 14.4. The van der Waals surface area contributed by atoms with Gasteiger partial charge in [-0.15, -0.1) is 6.58 Å². The van der Waals surface area contributed by atoms with E-state index in [0.29, 0.717) is 12.2 Å². The second-order valence-corrected chi connectivity index (χ2v) is 7.24. The van der Waals surface area contributed by atoms with Crippen molar-refractivity contribution in [2.24, 2.45) is 5.92 Å². The summed E-state index contributed by atoms with van der Waals surface area (Å²) in [6.45, 7) is 14.5. The fraction of sp³-hybridized carbons (Fsp3) is 0.889. The third-order valence-corrected chi connectivity index (χ3v) is 4.89. The van der Waals surface area contributed by atoms with Gasteiger partial charge >= 0.3 is 0 Å². The van der Waals surface area contributed by atoms with Crippen LogP contribution in [0.1, 0.15) is 39.5 Å². The van der Waals surface area contributed by atoms with E-state index in [1.807, 2.05) is 6.08 Å². The summed E-state index contributed by atoms with van der Waals surface area (Å²) in [7, 11) is 0. The molecule has 3 unspecified atom stereocenters. The van der Waals surface area contributed by atoms with E-state index in [1.165, 1.54) is 19.4 Å². The van der Waals surface area contributed by atoms with Crippen molar-refractivity contribution in [2.45, 2.75) is 57.8 Å². The Hall–Kier alpha value is -0.420. The van der Waals surface area contributed by atoms with Gasteiger partial charge in [-0.1, -0.05) is 6.08 Å². The van der Waals surface area contributed by atoms with Crippen LogP contribution in [0.15, 0.2) is 12.7 Å². The zero-order valence-electron chi connectivity index (χ0n) is 14.4. The van der Waals surface area contributed by atoms with Crippen molar-refractivity contribution in [3.05, 3.63) is 12.7 Å². The minimum Gasteiger partial charge on any atom is -0.392 e. The molecule has 4 heteroatoms.